The maximum absolute atomic E-state index is 11.5. The van der Waals surface area contributed by atoms with Gasteiger partial charge in [-0.1, -0.05) is 42.5 Å². The number of carbonyl (C=O) groups is 1. The first-order chi connectivity index (χ1) is 10.1. The van der Waals surface area contributed by atoms with Crippen LogP contribution in [0.15, 0.2) is 48.5 Å². The molecule has 3 heteroatoms. The van der Waals surface area contributed by atoms with E-state index in [0.717, 1.165) is 22.4 Å². The van der Waals surface area contributed by atoms with Crippen molar-refractivity contribution in [2.45, 2.75) is 32.8 Å². The molecule has 0 atom stereocenters. The van der Waals surface area contributed by atoms with Crippen LogP contribution in [0.25, 0.3) is 11.1 Å². The lowest BCUT2D eigenvalue weighted by atomic mass is 10.00. The van der Waals surface area contributed by atoms with E-state index in [1.54, 1.807) is 0 Å². The molecule has 0 aliphatic carbocycles. The number of anilines is 1. The molecule has 0 aliphatic heterocycles. The van der Waals surface area contributed by atoms with E-state index >= 15 is 0 Å². The summed E-state index contributed by atoms with van der Waals surface area (Å²) in [5.41, 5.74) is 10.0. The monoisotopic (exact) mass is 283 g/mol. The Labute approximate surface area is 125 Å². The Balaban J connectivity index is 2.04. The molecule has 3 nitrogen and oxygen atoms in total. The average Bonchev–Trinajstić information content (AvgIpc) is 2.45. The fraction of sp³-hybridized carbons (Fsp3) is 0.278. The number of nitrogens with two attached hydrogens (primary N) is 1. The van der Waals surface area contributed by atoms with E-state index in [1.165, 1.54) is 0 Å². The highest BCUT2D eigenvalue weighted by atomic mass is 16.5. The summed E-state index contributed by atoms with van der Waals surface area (Å²) in [5, 5.41) is 0. The summed E-state index contributed by atoms with van der Waals surface area (Å²) in [4.78, 5) is 11.5. The van der Waals surface area contributed by atoms with Crippen molar-refractivity contribution in [1.82, 2.24) is 0 Å². The molecule has 2 aromatic rings. The lowest BCUT2D eigenvalue weighted by Gasteiger charge is -2.10. The number of benzene rings is 2. The Morgan fingerprint density at radius 3 is 2.48 bits per heavy atom. The van der Waals surface area contributed by atoms with Crippen LogP contribution in [-0.2, 0) is 16.0 Å². The van der Waals surface area contributed by atoms with Gasteiger partial charge in [0.05, 0.1) is 6.10 Å². The van der Waals surface area contributed by atoms with Gasteiger partial charge in [-0.25, -0.2) is 0 Å². The Hall–Kier alpha value is -2.29. The minimum absolute atomic E-state index is 0.0666. The Bertz CT molecular complexity index is 606. The normalized spacial score (nSPS) is 10.6. The highest BCUT2D eigenvalue weighted by molar-refractivity contribution is 5.77. The molecule has 0 saturated heterocycles. The first kappa shape index (κ1) is 15.1. The van der Waals surface area contributed by atoms with Gasteiger partial charge in [0, 0.05) is 17.7 Å². The second-order valence-corrected chi connectivity index (χ2v) is 5.33. The van der Waals surface area contributed by atoms with Crippen LogP contribution >= 0.6 is 0 Å². The standard InChI is InChI=1S/C18H21NO2/c1-13(2)21-18(20)11-9-14-8-10-16(17(19)12-14)15-6-4-3-5-7-15/h3-8,10,12-13H,9,11,19H2,1-2H3. The molecule has 21 heavy (non-hydrogen) atoms. The largest absolute Gasteiger partial charge is 0.463 e. The lowest BCUT2D eigenvalue weighted by molar-refractivity contribution is -0.147. The van der Waals surface area contributed by atoms with E-state index < -0.39 is 0 Å². The van der Waals surface area contributed by atoms with Crippen LogP contribution in [0.4, 0.5) is 5.69 Å². The van der Waals surface area contributed by atoms with Gasteiger partial charge in [0.15, 0.2) is 0 Å². The van der Waals surface area contributed by atoms with Crippen molar-refractivity contribution in [2.75, 3.05) is 5.73 Å². The van der Waals surface area contributed by atoms with Crippen molar-refractivity contribution < 1.29 is 9.53 Å². The van der Waals surface area contributed by atoms with E-state index in [4.69, 9.17) is 10.5 Å². The zero-order chi connectivity index (χ0) is 15.2. The van der Waals surface area contributed by atoms with E-state index in [-0.39, 0.29) is 12.1 Å². The third-order valence-corrected chi connectivity index (χ3v) is 3.19. The number of carbonyl (C=O) groups excluding carboxylic acids is 1. The van der Waals surface area contributed by atoms with Crippen molar-refractivity contribution in [3.05, 3.63) is 54.1 Å². The third kappa shape index (κ3) is 4.35. The van der Waals surface area contributed by atoms with Crippen LogP contribution in [0.1, 0.15) is 25.8 Å². The molecule has 2 rings (SSSR count). The van der Waals surface area contributed by atoms with E-state index in [1.807, 2.05) is 62.4 Å². The van der Waals surface area contributed by atoms with Crippen molar-refractivity contribution in [3.8, 4) is 11.1 Å². The fourth-order valence-electron chi connectivity index (χ4n) is 2.22. The molecular formula is C18H21NO2. The van der Waals surface area contributed by atoms with Crippen LogP contribution in [0, 0.1) is 0 Å². The molecule has 0 heterocycles. The molecule has 0 aromatic heterocycles. The summed E-state index contributed by atoms with van der Waals surface area (Å²) in [6.45, 7) is 3.70. The van der Waals surface area contributed by atoms with Crippen LogP contribution < -0.4 is 5.73 Å². The molecule has 0 spiro atoms. The molecule has 0 saturated carbocycles. The number of hydrogen-bond donors (Lipinski definition) is 1. The molecule has 0 bridgehead atoms. The zero-order valence-corrected chi connectivity index (χ0v) is 12.5. The SMILES string of the molecule is CC(C)OC(=O)CCc1ccc(-c2ccccc2)c(N)c1. The van der Waals surface area contributed by atoms with Crippen LogP contribution in [-0.4, -0.2) is 12.1 Å². The molecule has 0 radical (unpaired) electrons. The maximum atomic E-state index is 11.5. The smallest absolute Gasteiger partial charge is 0.306 e. The summed E-state index contributed by atoms with van der Waals surface area (Å²) >= 11 is 0. The van der Waals surface area contributed by atoms with Gasteiger partial charge in [0.1, 0.15) is 0 Å². The summed E-state index contributed by atoms with van der Waals surface area (Å²) < 4.78 is 5.13. The lowest BCUT2D eigenvalue weighted by Crippen LogP contribution is -2.11. The number of ether oxygens (including phenoxy) is 1. The van der Waals surface area contributed by atoms with Crippen molar-refractivity contribution in [2.24, 2.45) is 0 Å². The number of rotatable bonds is 5. The Morgan fingerprint density at radius 2 is 1.86 bits per heavy atom. The highest BCUT2D eigenvalue weighted by Crippen LogP contribution is 2.26. The molecular weight excluding hydrogens is 262 g/mol. The van der Waals surface area contributed by atoms with Crippen molar-refractivity contribution >= 4 is 11.7 Å². The Kier molecular flexibility index (Phi) is 4.99. The van der Waals surface area contributed by atoms with Crippen LogP contribution in [0.2, 0.25) is 0 Å². The van der Waals surface area contributed by atoms with Crippen LogP contribution in [0.5, 0.6) is 0 Å². The van der Waals surface area contributed by atoms with E-state index in [0.29, 0.717) is 12.8 Å². The van der Waals surface area contributed by atoms with Gasteiger partial charge in [-0.2, -0.15) is 0 Å². The van der Waals surface area contributed by atoms with E-state index in [9.17, 15) is 4.79 Å². The summed E-state index contributed by atoms with van der Waals surface area (Å²) in [7, 11) is 0. The highest BCUT2D eigenvalue weighted by Gasteiger charge is 2.08. The molecule has 0 aliphatic rings. The fourth-order valence-corrected chi connectivity index (χ4v) is 2.22. The summed E-state index contributed by atoms with van der Waals surface area (Å²) in [6.07, 6.45) is 0.954. The molecule has 0 unspecified atom stereocenters. The van der Waals surface area contributed by atoms with Crippen molar-refractivity contribution in [1.29, 1.82) is 0 Å². The number of aryl methyl sites for hydroxylation is 1. The minimum Gasteiger partial charge on any atom is -0.463 e. The van der Waals surface area contributed by atoms with Gasteiger partial charge in [-0.15, -0.1) is 0 Å². The maximum Gasteiger partial charge on any atom is 0.306 e. The molecule has 0 amide bonds. The van der Waals surface area contributed by atoms with Crippen molar-refractivity contribution in [3.63, 3.8) is 0 Å². The summed E-state index contributed by atoms with van der Waals surface area (Å²) in [5.74, 6) is -0.171. The average molecular weight is 283 g/mol. The second kappa shape index (κ2) is 6.93. The first-order valence-corrected chi connectivity index (χ1v) is 7.19. The van der Waals surface area contributed by atoms with Gasteiger partial charge < -0.3 is 10.5 Å². The van der Waals surface area contributed by atoms with Gasteiger partial charge in [-0.3, -0.25) is 4.79 Å². The van der Waals surface area contributed by atoms with Crippen LogP contribution in [0.3, 0.4) is 0 Å². The topological polar surface area (TPSA) is 52.3 Å². The Morgan fingerprint density at radius 1 is 1.14 bits per heavy atom. The predicted molar refractivity (Wildman–Crippen MR) is 85.8 cm³/mol. The molecule has 110 valence electrons. The number of esters is 1. The summed E-state index contributed by atoms with van der Waals surface area (Å²) in [6, 6.07) is 16.0. The quantitative estimate of drug-likeness (QED) is 0.670. The third-order valence-electron chi connectivity index (χ3n) is 3.19. The zero-order valence-electron chi connectivity index (χ0n) is 12.5. The van der Waals surface area contributed by atoms with Gasteiger partial charge in [0.2, 0.25) is 0 Å². The first-order valence-electron chi connectivity index (χ1n) is 7.19. The minimum atomic E-state index is -0.171. The van der Waals surface area contributed by atoms with Gasteiger partial charge >= 0.3 is 5.97 Å². The number of nitrogen functional groups attached to an aromatic ring is 1. The molecule has 2 aromatic carbocycles. The predicted octanol–water partition coefficient (Wildman–Crippen LogP) is 3.82. The molecule has 2 N–H and O–H groups in total. The van der Waals surface area contributed by atoms with Gasteiger partial charge in [-0.05, 0) is 37.5 Å². The molecule has 0 fully saturated rings. The second-order valence-electron chi connectivity index (χ2n) is 5.33. The number of hydrogen-bond acceptors (Lipinski definition) is 3. The van der Waals surface area contributed by atoms with Gasteiger partial charge in [0.25, 0.3) is 0 Å². The van der Waals surface area contributed by atoms with E-state index in [2.05, 4.69) is 0 Å².